The first-order chi connectivity index (χ1) is 10.2. The molecule has 1 aromatic heterocycles. The Morgan fingerprint density at radius 1 is 1.43 bits per heavy atom. The van der Waals surface area contributed by atoms with Gasteiger partial charge in [0.05, 0.1) is 24.5 Å². The summed E-state index contributed by atoms with van der Waals surface area (Å²) in [5.74, 6) is -0.340. The summed E-state index contributed by atoms with van der Waals surface area (Å²) in [6.45, 7) is 0.310. The molecule has 1 amide bonds. The van der Waals surface area contributed by atoms with E-state index in [0.717, 1.165) is 5.69 Å². The summed E-state index contributed by atoms with van der Waals surface area (Å²) in [4.78, 5) is 13.5. The first kappa shape index (κ1) is 15.1. The van der Waals surface area contributed by atoms with E-state index in [0.29, 0.717) is 13.0 Å². The van der Waals surface area contributed by atoms with E-state index in [1.165, 1.54) is 11.0 Å². The molecule has 1 heterocycles. The standard InChI is InChI=1S/C14H18N4O3/c1-21-10-11(7-8-19)16-14(20)13-9-15-18(17-13)12-5-3-2-4-6-12/h2-6,9,11,19H,7-8,10H2,1H3,(H,16,20). The zero-order valence-corrected chi connectivity index (χ0v) is 11.8. The van der Waals surface area contributed by atoms with Gasteiger partial charge in [0.25, 0.3) is 5.91 Å². The molecule has 0 aliphatic rings. The Balaban J connectivity index is 2.05. The number of nitrogens with zero attached hydrogens (tertiary/aromatic N) is 3. The third-order valence-electron chi connectivity index (χ3n) is 2.89. The van der Waals surface area contributed by atoms with Crippen LogP contribution in [0.5, 0.6) is 0 Å². The molecule has 0 bridgehead atoms. The normalized spacial score (nSPS) is 12.1. The molecular formula is C14H18N4O3. The number of hydrogen-bond acceptors (Lipinski definition) is 5. The fourth-order valence-corrected chi connectivity index (χ4v) is 1.87. The van der Waals surface area contributed by atoms with Crippen molar-refractivity contribution in [3.05, 3.63) is 42.2 Å². The average Bonchev–Trinajstić information content (AvgIpc) is 2.98. The second-order valence-electron chi connectivity index (χ2n) is 4.49. The molecule has 0 fully saturated rings. The van der Waals surface area contributed by atoms with Crippen LogP contribution in [0, 0.1) is 0 Å². The van der Waals surface area contributed by atoms with Crippen molar-refractivity contribution in [2.75, 3.05) is 20.3 Å². The molecule has 1 unspecified atom stereocenters. The highest BCUT2D eigenvalue weighted by molar-refractivity contribution is 5.92. The lowest BCUT2D eigenvalue weighted by molar-refractivity contribution is 0.0873. The van der Waals surface area contributed by atoms with Gasteiger partial charge in [-0.3, -0.25) is 4.79 Å². The molecule has 0 aliphatic carbocycles. The number of aromatic nitrogens is 3. The van der Waals surface area contributed by atoms with Gasteiger partial charge in [-0.1, -0.05) is 18.2 Å². The lowest BCUT2D eigenvalue weighted by atomic mass is 10.2. The minimum absolute atomic E-state index is 0.0228. The highest BCUT2D eigenvalue weighted by Crippen LogP contribution is 2.04. The van der Waals surface area contributed by atoms with E-state index in [1.807, 2.05) is 30.3 Å². The third-order valence-corrected chi connectivity index (χ3v) is 2.89. The molecule has 0 saturated heterocycles. The molecular weight excluding hydrogens is 272 g/mol. The van der Waals surface area contributed by atoms with Gasteiger partial charge in [0.2, 0.25) is 0 Å². The Hall–Kier alpha value is -2.25. The number of nitrogens with one attached hydrogen (secondary N) is 1. The number of methoxy groups -OCH3 is 1. The second kappa shape index (κ2) is 7.51. The molecule has 0 spiro atoms. The van der Waals surface area contributed by atoms with Crippen molar-refractivity contribution in [3.8, 4) is 5.69 Å². The van der Waals surface area contributed by atoms with Crippen molar-refractivity contribution >= 4 is 5.91 Å². The zero-order chi connectivity index (χ0) is 15.1. The molecule has 2 aromatic rings. The number of amides is 1. The number of aliphatic hydroxyl groups excluding tert-OH is 1. The Morgan fingerprint density at radius 3 is 2.86 bits per heavy atom. The van der Waals surface area contributed by atoms with Crippen LogP contribution >= 0.6 is 0 Å². The van der Waals surface area contributed by atoms with Crippen LogP contribution in [0.4, 0.5) is 0 Å². The van der Waals surface area contributed by atoms with Crippen LogP contribution in [0.1, 0.15) is 16.9 Å². The summed E-state index contributed by atoms with van der Waals surface area (Å²) in [5, 5.41) is 19.9. The van der Waals surface area contributed by atoms with Crippen molar-refractivity contribution in [2.45, 2.75) is 12.5 Å². The van der Waals surface area contributed by atoms with Gasteiger partial charge in [-0.25, -0.2) is 0 Å². The smallest absolute Gasteiger partial charge is 0.273 e. The fourth-order valence-electron chi connectivity index (χ4n) is 1.87. The highest BCUT2D eigenvalue weighted by atomic mass is 16.5. The van der Waals surface area contributed by atoms with E-state index in [1.54, 1.807) is 7.11 Å². The number of carbonyl (C=O) groups excluding carboxylic acids is 1. The van der Waals surface area contributed by atoms with E-state index in [-0.39, 0.29) is 24.2 Å². The predicted molar refractivity (Wildman–Crippen MR) is 76.2 cm³/mol. The lowest BCUT2D eigenvalue weighted by Crippen LogP contribution is -2.38. The third kappa shape index (κ3) is 4.11. The maximum Gasteiger partial charge on any atom is 0.273 e. The quantitative estimate of drug-likeness (QED) is 0.770. The molecule has 7 nitrogen and oxygen atoms in total. The topological polar surface area (TPSA) is 89.3 Å². The largest absolute Gasteiger partial charge is 0.396 e. The van der Waals surface area contributed by atoms with Crippen LogP contribution in [-0.2, 0) is 4.74 Å². The molecule has 1 atom stereocenters. The van der Waals surface area contributed by atoms with Crippen molar-refractivity contribution in [3.63, 3.8) is 0 Å². The van der Waals surface area contributed by atoms with Crippen molar-refractivity contribution in [1.29, 1.82) is 0 Å². The summed E-state index contributed by atoms with van der Waals surface area (Å²) >= 11 is 0. The van der Waals surface area contributed by atoms with Crippen LogP contribution < -0.4 is 5.32 Å². The van der Waals surface area contributed by atoms with Gasteiger partial charge >= 0.3 is 0 Å². The molecule has 7 heteroatoms. The summed E-state index contributed by atoms with van der Waals surface area (Å²) < 4.78 is 5.00. The zero-order valence-electron chi connectivity index (χ0n) is 11.8. The number of benzene rings is 1. The summed E-state index contributed by atoms with van der Waals surface area (Å²) in [6, 6.07) is 9.07. The van der Waals surface area contributed by atoms with E-state index >= 15 is 0 Å². The number of ether oxygens (including phenoxy) is 1. The maximum atomic E-state index is 12.1. The van der Waals surface area contributed by atoms with Crippen molar-refractivity contribution in [1.82, 2.24) is 20.3 Å². The van der Waals surface area contributed by atoms with Crippen molar-refractivity contribution in [2.24, 2.45) is 0 Å². The van der Waals surface area contributed by atoms with Crippen LogP contribution in [0.3, 0.4) is 0 Å². The van der Waals surface area contributed by atoms with Gasteiger partial charge in [0, 0.05) is 13.7 Å². The summed E-state index contributed by atoms with van der Waals surface area (Å²) in [7, 11) is 1.54. The molecule has 1 aromatic carbocycles. The van der Waals surface area contributed by atoms with E-state index in [9.17, 15) is 4.79 Å². The van der Waals surface area contributed by atoms with Crippen LogP contribution in [0.2, 0.25) is 0 Å². The maximum absolute atomic E-state index is 12.1. The number of hydrogen-bond donors (Lipinski definition) is 2. The van der Waals surface area contributed by atoms with Crippen LogP contribution in [0.25, 0.3) is 5.69 Å². The molecule has 0 radical (unpaired) electrons. The first-order valence-electron chi connectivity index (χ1n) is 6.63. The molecule has 21 heavy (non-hydrogen) atoms. The van der Waals surface area contributed by atoms with E-state index < -0.39 is 0 Å². The minimum Gasteiger partial charge on any atom is -0.396 e. The van der Waals surface area contributed by atoms with Gasteiger partial charge < -0.3 is 15.2 Å². The number of para-hydroxylation sites is 1. The van der Waals surface area contributed by atoms with Gasteiger partial charge in [0.1, 0.15) is 0 Å². The Labute approximate surface area is 122 Å². The molecule has 0 saturated carbocycles. The van der Waals surface area contributed by atoms with E-state index in [4.69, 9.17) is 9.84 Å². The first-order valence-corrected chi connectivity index (χ1v) is 6.63. The number of aliphatic hydroxyl groups is 1. The molecule has 0 aliphatic heterocycles. The van der Waals surface area contributed by atoms with Gasteiger partial charge in [-0.15, -0.1) is 5.10 Å². The number of rotatable bonds is 7. The Bertz CT molecular complexity index is 565. The number of carbonyl (C=O) groups is 1. The minimum atomic E-state index is -0.340. The SMILES string of the molecule is COCC(CCO)NC(=O)c1cnn(-c2ccccc2)n1. The summed E-state index contributed by atoms with van der Waals surface area (Å²) in [5.41, 5.74) is 0.998. The monoisotopic (exact) mass is 290 g/mol. The Morgan fingerprint density at radius 2 is 2.19 bits per heavy atom. The van der Waals surface area contributed by atoms with Crippen LogP contribution in [0.15, 0.2) is 36.5 Å². The Kier molecular flexibility index (Phi) is 5.42. The van der Waals surface area contributed by atoms with Gasteiger partial charge in [-0.2, -0.15) is 9.90 Å². The molecule has 2 N–H and O–H groups in total. The molecule has 112 valence electrons. The lowest BCUT2D eigenvalue weighted by Gasteiger charge is -2.15. The summed E-state index contributed by atoms with van der Waals surface area (Å²) in [6.07, 6.45) is 1.83. The van der Waals surface area contributed by atoms with E-state index in [2.05, 4.69) is 15.5 Å². The average molecular weight is 290 g/mol. The second-order valence-corrected chi connectivity index (χ2v) is 4.49. The fraction of sp³-hybridized carbons (Fsp3) is 0.357. The van der Waals surface area contributed by atoms with Crippen molar-refractivity contribution < 1.29 is 14.6 Å². The molecule has 2 rings (SSSR count). The predicted octanol–water partition coefficient (Wildman–Crippen LogP) is 0.394. The van der Waals surface area contributed by atoms with Crippen LogP contribution in [-0.4, -0.2) is 52.4 Å². The van der Waals surface area contributed by atoms with Gasteiger partial charge in [0.15, 0.2) is 5.69 Å². The highest BCUT2D eigenvalue weighted by Gasteiger charge is 2.16. The van der Waals surface area contributed by atoms with Gasteiger partial charge in [-0.05, 0) is 18.6 Å².